The van der Waals surface area contributed by atoms with Gasteiger partial charge >= 0.3 is 0 Å². The Labute approximate surface area is 125 Å². The van der Waals surface area contributed by atoms with Crippen molar-refractivity contribution in [2.45, 2.75) is 6.54 Å². The molecule has 0 amide bonds. The molecule has 0 spiro atoms. The lowest BCUT2D eigenvalue weighted by Gasteiger charge is -2.12. The van der Waals surface area contributed by atoms with Gasteiger partial charge in [-0.1, -0.05) is 12.1 Å². The van der Waals surface area contributed by atoms with Crippen LogP contribution >= 0.6 is 0 Å². The van der Waals surface area contributed by atoms with E-state index in [-0.39, 0.29) is 5.82 Å². The van der Waals surface area contributed by atoms with Gasteiger partial charge in [0.15, 0.2) is 0 Å². The number of rotatable bonds is 7. The molecule has 0 radical (unpaired) electrons. The van der Waals surface area contributed by atoms with Crippen molar-refractivity contribution in [3.05, 3.63) is 59.9 Å². The molecule has 0 bridgehead atoms. The van der Waals surface area contributed by atoms with Crippen LogP contribution in [0.5, 0.6) is 5.75 Å². The average Bonchev–Trinajstić information content (AvgIpc) is 2.48. The van der Waals surface area contributed by atoms with Crippen molar-refractivity contribution in [1.29, 1.82) is 0 Å². The summed E-state index contributed by atoms with van der Waals surface area (Å²) in [6, 6.07) is 14.4. The van der Waals surface area contributed by atoms with Gasteiger partial charge in [0, 0.05) is 18.8 Å². The largest absolute Gasteiger partial charge is 0.492 e. The first-order chi connectivity index (χ1) is 10.1. The van der Waals surface area contributed by atoms with Crippen LogP contribution in [0.15, 0.2) is 48.5 Å². The van der Waals surface area contributed by atoms with E-state index in [0.29, 0.717) is 13.2 Å². The number of nitrogens with zero attached hydrogens (tertiary/aromatic N) is 1. The van der Waals surface area contributed by atoms with Crippen LogP contribution in [-0.2, 0) is 6.54 Å². The Morgan fingerprint density at radius 2 is 1.67 bits per heavy atom. The molecule has 2 aromatic rings. The summed E-state index contributed by atoms with van der Waals surface area (Å²) in [4.78, 5) is 2.08. The van der Waals surface area contributed by atoms with Crippen LogP contribution in [0.25, 0.3) is 0 Å². The minimum Gasteiger partial charge on any atom is -0.492 e. The van der Waals surface area contributed by atoms with E-state index in [2.05, 4.69) is 10.2 Å². The molecule has 0 heterocycles. The summed E-state index contributed by atoms with van der Waals surface area (Å²) in [5.74, 6) is 0.655. The maximum atomic E-state index is 12.8. The molecule has 0 aliphatic carbocycles. The zero-order chi connectivity index (χ0) is 15.1. The summed E-state index contributed by atoms with van der Waals surface area (Å²) in [6.07, 6.45) is 0. The Balaban J connectivity index is 1.80. The zero-order valence-electron chi connectivity index (χ0n) is 12.5. The van der Waals surface area contributed by atoms with E-state index in [9.17, 15) is 4.39 Å². The van der Waals surface area contributed by atoms with Crippen molar-refractivity contribution in [2.75, 3.05) is 32.6 Å². The molecule has 0 aliphatic heterocycles. The summed E-state index contributed by atoms with van der Waals surface area (Å²) in [5, 5.41) is 3.30. The van der Waals surface area contributed by atoms with Crippen molar-refractivity contribution in [1.82, 2.24) is 4.90 Å². The normalized spacial score (nSPS) is 10.7. The van der Waals surface area contributed by atoms with Crippen molar-refractivity contribution < 1.29 is 9.13 Å². The molecule has 0 aromatic heterocycles. The van der Waals surface area contributed by atoms with Crippen LogP contribution in [0.3, 0.4) is 0 Å². The molecule has 0 aliphatic rings. The Morgan fingerprint density at radius 1 is 1.00 bits per heavy atom. The van der Waals surface area contributed by atoms with Crippen molar-refractivity contribution >= 4 is 5.69 Å². The number of hydrogen-bond acceptors (Lipinski definition) is 3. The zero-order valence-corrected chi connectivity index (χ0v) is 12.5. The minimum atomic E-state index is -0.210. The van der Waals surface area contributed by atoms with E-state index in [4.69, 9.17) is 4.74 Å². The van der Waals surface area contributed by atoms with E-state index in [1.54, 1.807) is 12.1 Å². The first-order valence-electron chi connectivity index (χ1n) is 6.99. The SMILES string of the molecule is CN(C)CCOc1ccc(NCc2ccc(F)cc2)cc1. The third-order valence-corrected chi connectivity index (χ3v) is 3.07. The second-order valence-corrected chi connectivity index (χ2v) is 5.16. The van der Waals surface area contributed by atoms with Crippen molar-refractivity contribution in [2.24, 2.45) is 0 Å². The monoisotopic (exact) mass is 288 g/mol. The highest BCUT2D eigenvalue weighted by atomic mass is 19.1. The fourth-order valence-corrected chi connectivity index (χ4v) is 1.82. The maximum absolute atomic E-state index is 12.8. The molecular weight excluding hydrogens is 267 g/mol. The van der Waals surface area contributed by atoms with Gasteiger partial charge in [-0.2, -0.15) is 0 Å². The van der Waals surface area contributed by atoms with Crippen molar-refractivity contribution in [3.63, 3.8) is 0 Å². The molecule has 112 valence electrons. The molecule has 0 atom stereocenters. The van der Waals surface area contributed by atoms with Gasteiger partial charge in [0.25, 0.3) is 0 Å². The predicted octanol–water partition coefficient (Wildman–Crippen LogP) is 3.38. The molecule has 3 nitrogen and oxygen atoms in total. The summed E-state index contributed by atoms with van der Waals surface area (Å²) in [5.41, 5.74) is 2.06. The minimum absolute atomic E-state index is 0.210. The first kappa shape index (κ1) is 15.3. The number of ether oxygens (including phenoxy) is 1. The Morgan fingerprint density at radius 3 is 2.29 bits per heavy atom. The Hall–Kier alpha value is -2.07. The van der Waals surface area contributed by atoms with Gasteiger partial charge in [0.05, 0.1) is 0 Å². The lowest BCUT2D eigenvalue weighted by atomic mass is 10.2. The third-order valence-electron chi connectivity index (χ3n) is 3.07. The predicted molar refractivity (Wildman–Crippen MR) is 84.2 cm³/mol. The Kier molecular flexibility index (Phi) is 5.58. The molecule has 2 aromatic carbocycles. The third kappa shape index (κ3) is 5.44. The van der Waals surface area contributed by atoms with Crippen LogP contribution in [0.4, 0.5) is 10.1 Å². The van der Waals surface area contributed by atoms with Crippen molar-refractivity contribution in [3.8, 4) is 5.75 Å². The molecule has 1 N–H and O–H groups in total. The molecule has 4 heteroatoms. The summed E-state index contributed by atoms with van der Waals surface area (Å²) < 4.78 is 18.4. The van der Waals surface area contributed by atoms with Gasteiger partial charge in [0.1, 0.15) is 18.2 Å². The van der Waals surface area contributed by atoms with Crippen LogP contribution in [0, 0.1) is 5.82 Å². The highest BCUT2D eigenvalue weighted by molar-refractivity contribution is 5.46. The van der Waals surface area contributed by atoms with Crippen LogP contribution in [-0.4, -0.2) is 32.1 Å². The number of hydrogen-bond donors (Lipinski definition) is 1. The molecule has 2 rings (SSSR count). The number of anilines is 1. The lowest BCUT2D eigenvalue weighted by molar-refractivity contribution is 0.261. The quantitative estimate of drug-likeness (QED) is 0.845. The van der Waals surface area contributed by atoms with Gasteiger partial charge < -0.3 is 15.0 Å². The van der Waals surface area contributed by atoms with E-state index < -0.39 is 0 Å². The number of nitrogens with one attached hydrogen (secondary N) is 1. The fraction of sp³-hybridized carbons (Fsp3) is 0.294. The van der Waals surface area contributed by atoms with Gasteiger partial charge in [-0.15, -0.1) is 0 Å². The van der Waals surface area contributed by atoms with E-state index in [0.717, 1.165) is 23.5 Å². The molecule has 0 saturated carbocycles. The maximum Gasteiger partial charge on any atom is 0.123 e. The van der Waals surface area contributed by atoms with Gasteiger partial charge in [-0.3, -0.25) is 0 Å². The second kappa shape index (κ2) is 7.64. The first-order valence-corrected chi connectivity index (χ1v) is 6.99. The summed E-state index contributed by atoms with van der Waals surface area (Å²) in [6.45, 7) is 2.24. The molecule has 0 saturated heterocycles. The van der Waals surface area contributed by atoms with E-state index in [1.165, 1.54) is 12.1 Å². The van der Waals surface area contributed by atoms with Gasteiger partial charge in [-0.25, -0.2) is 4.39 Å². The topological polar surface area (TPSA) is 24.5 Å². The molecule has 21 heavy (non-hydrogen) atoms. The smallest absolute Gasteiger partial charge is 0.123 e. The van der Waals surface area contributed by atoms with E-state index >= 15 is 0 Å². The van der Waals surface area contributed by atoms with Gasteiger partial charge in [0.2, 0.25) is 0 Å². The number of benzene rings is 2. The highest BCUT2D eigenvalue weighted by Gasteiger charge is 1.98. The fourth-order valence-electron chi connectivity index (χ4n) is 1.82. The average molecular weight is 288 g/mol. The summed E-state index contributed by atoms with van der Waals surface area (Å²) >= 11 is 0. The van der Waals surface area contributed by atoms with Crippen LogP contribution in [0.1, 0.15) is 5.56 Å². The Bertz CT molecular complexity index is 538. The van der Waals surface area contributed by atoms with Gasteiger partial charge in [-0.05, 0) is 56.1 Å². The van der Waals surface area contributed by atoms with Crippen LogP contribution < -0.4 is 10.1 Å². The molecule has 0 fully saturated rings. The standard InChI is InChI=1S/C17H21FN2O/c1-20(2)11-12-21-17-9-7-16(8-10-17)19-13-14-3-5-15(18)6-4-14/h3-10,19H,11-13H2,1-2H3. The van der Waals surface area contributed by atoms with E-state index in [1.807, 2.05) is 38.4 Å². The molecular formula is C17H21FN2O. The lowest BCUT2D eigenvalue weighted by Crippen LogP contribution is -2.19. The highest BCUT2D eigenvalue weighted by Crippen LogP contribution is 2.16. The van der Waals surface area contributed by atoms with Crippen LogP contribution in [0.2, 0.25) is 0 Å². The second-order valence-electron chi connectivity index (χ2n) is 5.16. The number of likely N-dealkylation sites (N-methyl/N-ethyl adjacent to an activating group) is 1. The molecule has 0 unspecified atom stereocenters. The number of halogens is 1. The summed E-state index contributed by atoms with van der Waals surface area (Å²) in [7, 11) is 4.04.